The zero-order valence-electron chi connectivity index (χ0n) is 14.8. The maximum Gasteiger partial charge on any atom is 0.254 e. The Morgan fingerprint density at radius 2 is 2.12 bits per heavy atom. The van der Waals surface area contributed by atoms with Crippen LogP contribution < -0.4 is 5.32 Å². The fourth-order valence-corrected chi connectivity index (χ4v) is 3.61. The molecule has 0 bridgehead atoms. The second-order valence-electron chi connectivity index (χ2n) is 6.68. The van der Waals surface area contributed by atoms with E-state index in [1.165, 1.54) is 0 Å². The largest absolute Gasteiger partial charge is 0.359 e. The van der Waals surface area contributed by atoms with E-state index in [4.69, 9.17) is 0 Å². The van der Waals surface area contributed by atoms with Gasteiger partial charge in [-0.3, -0.25) is 14.3 Å². The maximum atomic E-state index is 13.1. The fraction of sp³-hybridized carbons (Fsp3) is 0.316. The summed E-state index contributed by atoms with van der Waals surface area (Å²) in [5.74, 6) is -0.0819. The Balaban J connectivity index is 1.62. The number of hydrogen-bond acceptors (Lipinski definition) is 3. The molecule has 7 heteroatoms. The molecule has 4 rings (SSSR count). The molecular formula is C19H21N5O2. The molecule has 0 saturated carbocycles. The van der Waals surface area contributed by atoms with Gasteiger partial charge < -0.3 is 14.8 Å². The summed E-state index contributed by atoms with van der Waals surface area (Å²) in [7, 11) is 3.60. The molecule has 7 nitrogen and oxygen atoms in total. The van der Waals surface area contributed by atoms with Crippen LogP contribution in [-0.4, -0.2) is 44.7 Å². The maximum absolute atomic E-state index is 13.1. The van der Waals surface area contributed by atoms with Gasteiger partial charge in [-0.2, -0.15) is 5.10 Å². The van der Waals surface area contributed by atoms with Gasteiger partial charge in [-0.25, -0.2) is 0 Å². The highest BCUT2D eigenvalue weighted by Crippen LogP contribution is 2.25. The molecule has 0 radical (unpaired) electrons. The Morgan fingerprint density at radius 3 is 2.92 bits per heavy atom. The number of rotatable bonds is 3. The lowest BCUT2D eigenvalue weighted by molar-refractivity contribution is -0.121. The first-order valence-corrected chi connectivity index (χ1v) is 8.64. The van der Waals surface area contributed by atoms with Crippen molar-refractivity contribution in [2.45, 2.75) is 19.0 Å². The van der Waals surface area contributed by atoms with Crippen molar-refractivity contribution in [3.05, 3.63) is 54.0 Å². The van der Waals surface area contributed by atoms with E-state index in [0.717, 1.165) is 16.6 Å². The first kappa shape index (κ1) is 16.4. The highest BCUT2D eigenvalue weighted by Gasteiger charge is 2.30. The second-order valence-corrected chi connectivity index (χ2v) is 6.68. The summed E-state index contributed by atoms with van der Waals surface area (Å²) >= 11 is 0. The number of nitrogens with zero attached hydrogens (tertiary/aromatic N) is 4. The lowest BCUT2D eigenvalue weighted by atomic mass is 10.1. The number of carbonyl (C=O) groups excluding carboxylic acids is 2. The number of aryl methyl sites for hydroxylation is 1. The van der Waals surface area contributed by atoms with Crippen LogP contribution in [0.1, 0.15) is 28.5 Å². The van der Waals surface area contributed by atoms with Gasteiger partial charge in [0.05, 0.1) is 24.7 Å². The van der Waals surface area contributed by atoms with Crippen molar-refractivity contribution >= 4 is 22.7 Å². The van der Waals surface area contributed by atoms with Gasteiger partial charge in [-0.15, -0.1) is 0 Å². The average Bonchev–Trinajstić information content (AvgIpc) is 3.27. The van der Waals surface area contributed by atoms with E-state index >= 15 is 0 Å². The molecule has 2 amide bonds. The first-order chi connectivity index (χ1) is 12.6. The van der Waals surface area contributed by atoms with Crippen LogP contribution in [0.4, 0.5) is 0 Å². The summed E-state index contributed by atoms with van der Waals surface area (Å²) < 4.78 is 3.89. The molecule has 134 valence electrons. The van der Waals surface area contributed by atoms with Gasteiger partial charge in [0.1, 0.15) is 0 Å². The van der Waals surface area contributed by atoms with Crippen molar-refractivity contribution in [1.29, 1.82) is 0 Å². The zero-order valence-corrected chi connectivity index (χ0v) is 14.8. The molecule has 26 heavy (non-hydrogen) atoms. The lowest BCUT2D eigenvalue weighted by Crippen LogP contribution is -2.42. The number of fused-ring (bicyclic) bond motifs is 2. The molecule has 1 aliphatic rings. The van der Waals surface area contributed by atoms with E-state index < -0.39 is 0 Å². The highest BCUT2D eigenvalue weighted by atomic mass is 16.2. The number of benzene rings is 1. The van der Waals surface area contributed by atoms with Crippen LogP contribution in [0, 0.1) is 0 Å². The van der Waals surface area contributed by atoms with Crippen molar-refractivity contribution in [2.24, 2.45) is 7.05 Å². The topological polar surface area (TPSA) is 72.2 Å². The summed E-state index contributed by atoms with van der Waals surface area (Å²) in [5.41, 5.74) is 2.70. The van der Waals surface area contributed by atoms with Crippen molar-refractivity contribution in [2.75, 3.05) is 13.6 Å². The molecule has 3 heterocycles. The molecule has 0 spiro atoms. The summed E-state index contributed by atoms with van der Waals surface area (Å²) in [6.07, 6.45) is 4.00. The molecule has 0 unspecified atom stereocenters. The molecular weight excluding hydrogens is 330 g/mol. The number of amides is 2. The van der Waals surface area contributed by atoms with E-state index in [1.54, 1.807) is 18.1 Å². The minimum atomic E-state index is -0.155. The summed E-state index contributed by atoms with van der Waals surface area (Å²) in [5, 5.41) is 8.02. The van der Waals surface area contributed by atoms with Gasteiger partial charge in [0, 0.05) is 49.5 Å². The summed E-state index contributed by atoms with van der Waals surface area (Å²) in [6.45, 7) is 0.962. The normalized spacial score (nSPS) is 16.5. The van der Waals surface area contributed by atoms with Crippen molar-refractivity contribution in [1.82, 2.24) is 24.6 Å². The predicted octanol–water partition coefficient (Wildman–Crippen LogP) is 1.71. The molecule has 1 aromatic carbocycles. The van der Waals surface area contributed by atoms with Crippen LogP contribution in [0.3, 0.4) is 0 Å². The van der Waals surface area contributed by atoms with Crippen LogP contribution in [-0.2, 0) is 18.4 Å². The van der Waals surface area contributed by atoms with Crippen molar-refractivity contribution in [3.63, 3.8) is 0 Å². The van der Waals surface area contributed by atoms with Crippen molar-refractivity contribution in [3.8, 4) is 0 Å². The summed E-state index contributed by atoms with van der Waals surface area (Å²) in [6, 6.07) is 9.52. The lowest BCUT2D eigenvalue weighted by Gasteiger charge is -2.33. The Morgan fingerprint density at radius 1 is 1.27 bits per heavy atom. The van der Waals surface area contributed by atoms with Crippen LogP contribution in [0.2, 0.25) is 0 Å². The highest BCUT2D eigenvalue weighted by molar-refractivity contribution is 5.98. The second kappa shape index (κ2) is 6.33. The Bertz CT molecular complexity index is 987. The molecule has 0 saturated heterocycles. The third-order valence-electron chi connectivity index (χ3n) is 5.00. The summed E-state index contributed by atoms with van der Waals surface area (Å²) in [4.78, 5) is 26.7. The van der Waals surface area contributed by atoms with Crippen LogP contribution in [0.25, 0.3) is 10.9 Å². The third kappa shape index (κ3) is 2.75. The van der Waals surface area contributed by atoms with Crippen LogP contribution in [0.15, 0.2) is 42.7 Å². The van der Waals surface area contributed by atoms with E-state index in [-0.39, 0.29) is 17.9 Å². The Kier molecular flexibility index (Phi) is 3.99. The molecule has 0 fully saturated rings. The predicted molar refractivity (Wildman–Crippen MR) is 97.6 cm³/mol. The van der Waals surface area contributed by atoms with Gasteiger partial charge in [-0.1, -0.05) is 0 Å². The van der Waals surface area contributed by atoms with Gasteiger partial charge in [0.25, 0.3) is 5.91 Å². The van der Waals surface area contributed by atoms with E-state index in [1.807, 2.05) is 52.8 Å². The third-order valence-corrected chi connectivity index (χ3v) is 5.00. The number of aromatic nitrogens is 3. The Hall–Kier alpha value is -3.09. The molecule has 1 atom stereocenters. The number of carbonyl (C=O) groups is 2. The molecule has 0 aliphatic carbocycles. The van der Waals surface area contributed by atoms with E-state index in [0.29, 0.717) is 25.1 Å². The zero-order chi connectivity index (χ0) is 18.3. The van der Waals surface area contributed by atoms with Gasteiger partial charge in [0.2, 0.25) is 5.91 Å². The molecule has 1 aliphatic heterocycles. The standard InChI is InChI=1S/C19H21N5O2/c1-20-18(25)10-16-12-23(11-15-5-7-21-24(15)16)19(26)14-3-4-17-13(9-14)6-8-22(17)2/h3-9,16H,10-12H2,1-2H3,(H,20,25)/t16-/m1/s1. The van der Waals surface area contributed by atoms with Crippen LogP contribution in [0.5, 0.6) is 0 Å². The van der Waals surface area contributed by atoms with Gasteiger partial charge in [-0.05, 0) is 30.3 Å². The fourth-order valence-electron chi connectivity index (χ4n) is 3.61. The van der Waals surface area contributed by atoms with Gasteiger partial charge in [0.15, 0.2) is 0 Å². The first-order valence-electron chi connectivity index (χ1n) is 8.64. The van der Waals surface area contributed by atoms with E-state index in [2.05, 4.69) is 10.4 Å². The Labute approximate surface area is 151 Å². The number of hydrogen-bond donors (Lipinski definition) is 1. The quantitative estimate of drug-likeness (QED) is 0.781. The average molecular weight is 351 g/mol. The van der Waals surface area contributed by atoms with Crippen molar-refractivity contribution < 1.29 is 9.59 Å². The molecule has 2 aromatic heterocycles. The molecule has 1 N–H and O–H groups in total. The SMILES string of the molecule is CNC(=O)C[C@@H]1CN(C(=O)c2ccc3c(ccn3C)c2)Cc2ccnn21. The number of nitrogens with one attached hydrogen (secondary N) is 1. The minimum absolute atomic E-state index is 0.0230. The molecule has 3 aromatic rings. The minimum Gasteiger partial charge on any atom is -0.359 e. The smallest absolute Gasteiger partial charge is 0.254 e. The van der Waals surface area contributed by atoms with E-state index in [9.17, 15) is 9.59 Å². The van der Waals surface area contributed by atoms with Gasteiger partial charge >= 0.3 is 0 Å². The monoisotopic (exact) mass is 351 g/mol. The van der Waals surface area contributed by atoms with Crippen LogP contribution >= 0.6 is 0 Å².